The van der Waals surface area contributed by atoms with Crippen LogP contribution in [0.4, 0.5) is 4.79 Å². The first kappa shape index (κ1) is 20.6. The Labute approximate surface area is 160 Å². The number of rotatable bonds is 7. The normalized spacial score (nSPS) is 19.1. The van der Waals surface area contributed by atoms with Crippen LogP contribution in [-0.2, 0) is 4.79 Å². The minimum atomic E-state index is -0.278. The van der Waals surface area contributed by atoms with Gasteiger partial charge in [0.15, 0.2) is 11.5 Å². The lowest BCUT2D eigenvalue weighted by Crippen LogP contribution is -2.51. The molecule has 1 fully saturated rings. The predicted octanol–water partition coefficient (Wildman–Crippen LogP) is 2.14. The van der Waals surface area contributed by atoms with E-state index in [0.717, 1.165) is 5.56 Å². The van der Waals surface area contributed by atoms with Crippen molar-refractivity contribution in [1.82, 2.24) is 15.5 Å². The molecule has 2 N–H and O–H groups in total. The Hall–Kier alpha value is -2.70. The summed E-state index contributed by atoms with van der Waals surface area (Å²) in [5, 5.41) is 5.67. The summed E-state index contributed by atoms with van der Waals surface area (Å²) in [5.74, 6) is 0.977. The van der Waals surface area contributed by atoms with Crippen molar-refractivity contribution < 1.29 is 19.1 Å². The molecule has 0 unspecified atom stereocenters. The zero-order valence-corrected chi connectivity index (χ0v) is 16.3. The average molecular weight is 375 g/mol. The summed E-state index contributed by atoms with van der Waals surface area (Å²) in [6, 6.07) is 5.59. The first-order valence-electron chi connectivity index (χ1n) is 9.17. The van der Waals surface area contributed by atoms with Crippen molar-refractivity contribution in [3.63, 3.8) is 0 Å². The van der Waals surface area contributed by atoms with Gasteiger partial charge in [-0.3, -0.25) is 4.79 Å². The molecule has 1 aromatic rings. The van der Waals surface area contributed by atoms with Gasteiger partial charge in [-0.25, -0.2) is 4.79 Å². The van der Waals surface area contributed by atoms with Crippen molar-refractivity contribution in [2.45, 2.75) is 19.3 Å². The van der Waals surface area contributed by atoms with E-state index in [0.29, 0.717) is 44.1 Å². The standard InChI is InChI=1S/C20H29N3O4/c1-5-9-22-19(24)16-10-15(12-23(13-16)20(25)21-6-2)14-7-8-17(26-3)18(11-14)27-4/h5,7-8,11,15-16H,1,6,9-10,12-13H2,2-4H3,(H,21,25)(H,22,24)/t15-,16-/m1/s1. The van der Waals surface area contributed by atoms with Crippen LogP contribution in [0.25, 0.3) is 0 Å². The fraction of sp³-hybridized carbons (Fsp3) is 0.500. The Morgan fingerprint density at radius 2 is 1.96 bits per heavy atom. The van der Waals surface area contributed by atoms with Gasteiger partial charge in [-0.1, -0.05) is 12.1 Å². The number of carbonyl (C=O) groups excluding carboxylic acids is 2. The van der Waals surface area contributed by atoms with Gasteiger partial charge in [0, 0.05) is 32.1 Å². The van der Waals surface area contributed by atoms with Crippen LogP contribution in [-0.4, -0.2) is 57.2 Å². The molecule has 2 rings (SSSR count). The smallest absolute Gasteiger partial charge is 0.317 e. The number of carbonyl (C=O) groups is 2. The molecule has 0 spiro atoms. The third-order valence-corrected chi connectivity index (χ3v) is 4.74. The fourth-order valence-electron chi connectivity index (χ4n) is 3.38. The van der Waals surface area contributed by atoms with Crippen LogP contribution in [0.15, 0.2) is 30.9 Å². The Balaban J connectivity index is 2.26. The average Bonchev–Trinajstić information content (AvgIpc) is 2.71. The Morgan fingerprint density at radius 1 is 1.22 bits per heavy atom. The number of ether oxygens (including phenoxy) is 2. The van der Waals surface area contributed by atoms with E-state index >= 15 is 0 Å². The number of nitrogens with zero attached hydrogens (tertiary/aromatic N) is 1. The molecule has 0 saturated carbocycles. The van der Waals surface area contributed by atoms with Crippen molar-refractivity contribution in [2.24, 2.45) is 5.92 Å². The molecular formula is C20H29N3O4. The highest BCUT2D eigenvalue weighted by Gasteiger charge is 2.34. The van der Waals surface area contributed by atoms with E-state index < -0.39 is 0 Å². The third-order valence-electron chi connectivity index (χ3n) is 4.74. The summed E-state index contributed by atoms with van der Waals surface area (Å²) < 4.78 is 10.7. The maximum absolute atomic E-state index is 12.5. The summed E-state index contributed by atoms with van der Waals surface area (Å²) in [7, 11) is 3.18. The van der Waals surface area contributed by atoms with Crippen LogP contribution in [0.2, 0.25) is 0 Å². The van der Waals surface area contributed by atoms with E-state index in [1.807, 2.05) is 25.1 Å². The molecule has 3 amide bonds. The van der Waals surface area contributed by atoms with Crippen molar-refractivity contribution >= 4 is 11.9 Å². The third kappa shape index (κ3) is 5.15. The summed E-state index contributed by atoms with van der Waals surface area (Å²) in [6.45, 7) is 7.41. The summed E-state index contributed by atoms with van der Waals surface area (Å²) in [4.78, 5) is 26.6. The van der Waals surface area contributed by atoms with E-state index in [4.69, 9.17) is 9.47 Å². The molecule has 1 heterocycles. The molecular weight excluding hydrogens is 346 g/mol. The Kier molecular flexibility index (Phi) is 7.52. The number of likely N-dealkylation sites (tertiary alicyclic amines) is 1. The van der Waals surface area contributed by atoms with Crippen LogP contribution >= 0.6 is 0 Å². The monoisotopic (exact) mass is 375 g/mol. The minimum absolute atomic E-state index is 0.0284. The molecule has 7 heteroatoms. The van der Waals surface area contributed by atoms with Gasteiger partial charge in [-0.05, 0) is 31.0 Å². The number of amides is 3. The van der Waals surface area contributed by atoms with E-state index in [-0.39, 0.29) is 23.8 Å². The Bertz CT molecular complexity index is 677. The molecule has 1 aliphatic heterocycles. The number of hydrogen-bond acceptors (Lipinski definition) is 4. The zero-order chi connectivity index (χ0) is 19.8. The number of piperidine rings is 1. The topological polar surface area (TPSA) is 79.9 Å². The van der Waals surface area contributed by atoms with Crippen molar-refractivity contribution in [1.29, 1.82) is 0 Å². The zero-order valence-electron chi connectivity index (χ0n) is 16.3. The lowest BCUT2D eigenvalue weighted by molar-refractivity contribution is -0.126. The van der Waals surface area contributed by atoms with Gasteiger partial charge in [0.1, 0.15) is 0 Å². The van der Waals surface area contributed by atoms with E-state index in [1.54, 1.807) is 25.2 Å². The van der Waals surface area contributed by atoms with Crippen LogP contribution in [0.1, 0.15) is 24.8 Å². The second-order valence-electron chi connectivity index (χ2n) is 6.52. The molecule has 27 heavy (non-hydrogen) atoms. The van der Waals surface area contributed by atoms with Gasteiger partial charge in [0.2, 0.25) is 5.91 Å². The minimum Gasteiger partial charge on any atom is -0.493 e. The molecule has 7 nitrogen and oxygen atoms in total. The molecule has 2 atom stereocenters. The SMILES string of the molecule is C=CCNC(=O)[C@@H]1C[C@@H](c2ccc(OC)c(OC)c2)CN(C(=O)NCC)C1. The van der Waals surface area contributed by atoms with Gasteiger partial charge < -0.3 is 25.0 Å². The summed E-state index contributed by atoms with van der Waals surface area (Å²) in [5.41, 5.74) is 1.02. The number of methoxy groups -OCH3 is 2. The first-order chi connectivity index (χ1) is 13.0. The molecule has 1 aromatic carbocycles. The number of benzene rings is 1. The van der Waals surface area contributed by atoms with Gasteiger partial charge in [0.05, 0.1) is 20.1 Å². The lowest BCUT2D eigenvalue weighted by atomic mass is 9.84. The lowest BCUT2D eigenvalue weighted by Gasteiger charge is -2.37. The van der Waals surface area contributed by atoms with Crippen LogP contribution in [0.5, 0.6) is 11.5 Å². The molecule has 1 aliphatic rings. The maximum atomic E-state index is 12.5. The number of urea groups is 1. The second kappa shape index (κ2) is 9.85. The second-order valence-corrected chi connectivity index (χ2v) is 6.52. The molecule has 0 aliphatic carbocycles. The molecule has 148 valence electrons. The number of hydrogen-bond donors (Lipinski definition) is 2. The quantitative estimate of drug-likeness (QED) is 0.716. The Morgan fingerprint density at radius 3 is 2.59 bits per heavy atom. The highest BCUT2D eigenvalue weighted by Crippen LogP contribution is 2.35. The van der Waals surface area contributed by atoms with Gasteiger partial charge in [0.25, 0.3) is 0 Å². The summed E-state index contributed by atoms with van der Waals surface area (Å²) in [6.07, 6.45) is 2.31. The van der Waals surface area contributed by atoms with E-state index in [2.05, 4.69) is 17.2 Å². The van der Waals surface area contributed by atoms with Gasteiger partial charge >= 0.3 is 6.03 Å². The van der Waals surface area contributed by atoms with Gasteiger partial charge in [-0.2, -0.15) is 0 Å². The number of nitrogens with one attached hydrogen (secondary N) is 2. The maximum Gasteiger partial charge on any atom is 0.317 e. The molecule has 0 aromatic heterocycles. The van der Waals surface area contributed by atoms with E-state index in [9.17, 15) is 9.59 Å². The van der Waals surface area contributed by atoms with Crippen molar-refractivity contribution in [3.05, 3.63) is 36.4 Å². The van der Waals surface area contributed by atoms with Crippen LogP contribution in [0, 0.1) is 5.92 Å². The highest BCUT2D eigenvalue weighted by atomic mass is 16.5. The first-order valence-corrected chi connectivity index (χ1v) is 9.17. The molecule has 1 saturated heterocycles. The fourth-order valence-corrected chi connectivity index (χ4v) is 3.38. The highest BCUT2D eigenvalue weighted by molar-refractivity contribution is 5.81. The van der Waals surface area contributed by atoms with Crippen molar-refractivity contribution in [2.75, 3.05) is 40.4 Å². The van der Waals surface area contributed by atoms with Crippen LogP contribution < -0.4 is 20.1 Å². The van der Waals surface area contributed by atoms with E-state index in [1.165, 1.54) is 0 Å². The molecule has 0 bridgehead atoms. The predicted molar refractivity (Wildman–Crippen MR) is 104 cm³/mol. The van der Waals surface area contributed by atoms with Gasteiger partial charge in [-0.15, -0.1) is 6.58 Å². The van der Waals surface area contributed by atoms with Crippen molar-refractivity contribution in [3.8, 4) is 11.5 Å². The van der Waals surface area contributed by atoms with Crippen LogP contribution in [0.3, 0.4) is 0 Å². The summed E-state index contributed by atoms with van der Waals surface area (Å²) >= 11 is 0. The largest absolute Gasteiger partial charge is 0.493 e. The molecule has 0 radical (unpaired) electrons.